The van der Waals surface area contributed by atoms with Crippen LogP contribution in [0.2, 0.25) is 0 Å². The van der Waals surface area contributed by atoms with Crippen LogP contribution in [-0.4, -0.2) is 36.2 Å². The molecule has 0 radical (unpaired) electrons. The predicted molar refractivity (Wildman–Crippen MR) is 90.5 cm³/mol. The summed E-state index contributed by atoms with van der Waals surface area (Å²) in [6, 6.07) is 6.03. The van der Waals surface area contributed by atoms with Crippen molar-refractivity contribution < 1.29 is 9.47 Å². The van der Waals surface area contributed by atoms with Gasteiger partial charge in [-0.1, -0.05) is 26.1 Å². The third-order valence-corrected chi connectivity index (χ3v) is 3.95. The Labute approximate surface area is 133 Å². The van der Waals surface area contributed by atoms with E-state index in [1.54, 1.807) is 0 Å². The van der Waals surface area contributed by atoms with Gasteiger partial charge in [-0.15, -0.1) is 0 Å². The number of hydrogen-bond donors (Lipinski definition) is 0. The van der Waals surface area contributed by atoms with E-state index in [0.717, 1.165) is 35.1 Å². The molecular formula is C17H25NO2S. The summed E-state index contributed by atoms with van der Waals surface area (Å²) in [6.07, 6.45) is 2.46. The minimum Gasteiger partial charge on any atom is -0.490 e. The number of nitrogens with zero attached hydrogens (tertiary/aromatic N) is 1. The summed E-state index contributed by atoms with van der Waals surface area (Å²) in [5, 5.41) is 0. The Hall–Kier alpha value is -1.29. The third-order valence-electron chi connectivity index (χ3n) is 3.46. The number of benzene rings is 1. The van der Waals surface area contributed by atoms with Crippen molar-refractivity contribution >= 4 is 17.2 Å². The summed E-state index contributed by atoms with van der Waals surface area (Å²) < 4.78 is 11.5. The van der Waals surface area contributed by atoms with Crippen LogP contribution in [0.1, 0.15) is 39.2 Å². The van der Waals surface area contributed by atoms with Crippen molar-refractivity contribution in [3.8, 4) is 11.5 Å². The lowest BCUT2D eigenvalue weighted by Gasteiger charge is -2.20. The van der Waals surface area contributed by atoms with Crippen molar-refractivity contribution in [2.75, 3.05) is 26.3 Å². The minimum atomic E-state index is 0.491. The summed E-state index contributed by atoms with van der Waals surface area (Å²) in [4.78, 5) is 3.19. The summed E-state index contributed by atoms with van der Waals surface area (Å²) >= 11 is 5.60. The lowest BCUT2D eigenvalue weighted by atomic mass is 10.2. The summed E-state index contributed by atoms with van der Waals surface area (Å²) in [5.74, 6) is 2.08. The van der Waals surface area contributed by atoms with Crippen LogP contribution in [0.25, 0.3) is 0 Å². The van der Waals surface area contributed by atoms with E-state index in [1.807, 2.05) is 25.1 Å². The molecule has 0 N–H and O–H groups in total. The maximum Gasteiger partial charge on any atom is 0.161 e. The zero-order valence-electron chi connectivity index (χ0n) is 13.2. The van der Waals surface area contributed by atoms with E-state index in [0.29, 0.717) is 19.1 Å². The molecule has 0 aromatic heterocycles. The normalized spacial score (nSPS) is 14.6. The second kappa shape index (κ2) is 7.64. The monoisotopic (exact) mass is 307 g/mol. The average Bonchev–Trinajstić information content (AvgIpc) is 2.99. The highest BCUT2D eigenvalue weighted by atomic mass is 32.1. The number of likely N-dealkylation sites (tertiary alicyclic amines) is 1. The second-order valence-electron chi connectivity index (χ2n) is 5.80. The molecule has 1 saturated heterocycles. The number of hydrogen-bond acceptors (Lipinski definition) is 3. The van der Waals surface area contributed by atoms with Crippen molar-refractivity contribution in [3.05, 3.63) is 23.8 Å². The van der Waals surface area contributed by atoms with Crippen molar-refractivity contribution in [1.29, 1.82) is 0 Å². The van der Waals surface area contributed by atoms with E-state index in [-0.39, 0.29) is 0 Å². The van der Waals surface area contributed by atoms with Gasteiger partial charge in [-0.2, -0.15) is 0 Å². The van der Waals surface area contributed by atoms with E-state index in [4.69, 9.17) is 21.7 Å². The van der Waals surface area contributed by atoms with Gasteiger partial charge in [-0.25, -0.2) is 0 Å². The molecule has 3 nitrogen and oxygen atoms in total. The van der Waals surface area contributed by atoms with E-state index < -0.39 is 0 Å². The zero-order chi connectivity index (χ0) is 15.2. The third kappa shape index (κ3) is 4.34. The van der Waals surface area contributed by atoms with Crippen LogP contribution in [-0.2, 0) is 0 Å². The molecule has 1 aromatic rings. The summed E-state index contributed by atoms with van der Waals surface area (Å²) in [5.41, 5.74) is 1.05. The smallest absolute Gasteiger partial charge is 0.161 e. The molecule has 4 heteroatoms. The van der Waals surface area contributed by atoms with E-state index in [1.165, 1.54) is 12.8 Å². The van der Waals surface area contributed by atoms with Crippen molar-refractivity contribution in [2.24, 2.45) is 5.92 Å². The van der Waals surface area contributed by atoms with Crippen LogP contribution in [0.5, 0.6) is 11.5 Å². The highest BCUT2D eigenvalue weighted by molar-refractivity contribution is 7.80. The van der Waals surface area contributed by atoms with Crippen LogP contribution in [0.15, 0.2) is 18.2 Å². The van der Waals surface area contributed by atoms with Gasteiger partial charge in [-0.05, 0) is 43.9 Å². The first-order chi connectivity index (χ1) is 10.1. The van der Waals surface area contributed by atoms with Gasteiger partial charge in [0.2, 0.25) is 0 Å². The fourth-order valence-corrected chi connectivity index (χ4v) is 2.70. The van der Waals surface area contributed by atoms with Crippen molar-refractivity contribution in [3.63, 3.8) is 0 Å². The summed E-state index contributed by atoms with van der Waals surface area (Å²) in [6.45, 7) is 9.70. The molecule has 1 aliphatic rings. The number of thiocarbonyl (C=S) groups is 1. The Morgan fingerprint density at radius 3 is 2.52 bits per heavy atom. The molecule has 0 spiro atoms. The maximum absolute atomic E-state index is 5.83. The van der Waals surface area contributed by atoms with Crippen molar-refractivity contribution in [2.45, 2.75) is 33.6 Å². The second-order valence-corrected chi connectivity index (χ2v) is 6.19. The Balaban J connectivity index is 2.16. The Morgan fingerprint density at radius 1 is 1.19 bits per heavy atom. The van der Waals surface area contributed by atoms with E-state index in [2.05, 4.69) is 18.7 Å². The molecule has 0 atom stereocenters. The molecule has 1 aliphatic heterocycles. The first kappa shape index (κ1) is 16.1. The lowest BCUT2D eigenvalue weighted by Crippen LogP contribution is -2.26. The molecule has 116 valence electrons. The van der Waals surface area contributed by atoms with Crippen LogP contribution < -0.4 is 9.47 Å². The zero-order valence-corrected chi connectivity index (χ0v) is 14.0. The largest absolute Gasteiger partial charge is 0.490 e. The number of rotatable bonds is 6. The molecule has 1 heterocycles. The van der Waals surface area contributed by atoms with Gasteiger partial charge in [0.25, 0.3) is 0 Å². The Bertz CT molecular complexity index is 482. The van der Waals surface area contributed by atoms with Gasteiger partial charge >= 0.3 is 0 Å². The average molecular weight is 307 g/mol. The van der Waals surface area contributed by atoms with Crippen LogP contribution >= 0.6 is 12.2 Å². The molecule has 0 amide bonds. The molecule has 1 fully saturated rings. The standard InChI is InChI=1S/C17H25NO2S/c1-4-19-16-11-14(17(21)18-9-5-6-10-18)7-8-15(16)20-12-13(2)3/h7-8,11,13H,4-6,9-10,12H2,1-3H3. The van der Waals surface area contributed by atoms with Crippen LogP contribution in [0, 0.1) is 5.92 Å². The van der Waals surface area contributed by atoms with E-state index in [9.17, 15) is 0 Å². The number of ether oxygens (including phenoxy) is 2. The maximum atomic E-state index is 5.83. The SMILES string of the molecule is CCOc1cc(C(=S)N2CCCC2)ccc1OCC(C)C. The quantitative estimate of drug-likeness (QED) is 0.743. The lowest BCUT2D eigenvalue weighted by molar-refractivity contribution is 0.248. The fourth-order valence-electron chi connectivity index (χ4n) is 2.39. The first-order valence-corrected chi connectivity index (χ1v) is 8.21. The molecule has 2 rings (SSSR count). The molecular weight excluding hydrogens is 282 g/mol. The molecule has 0 aliphatic carbocycles. The van der Waals surface area contributed by atoms with Gasteiger partial charge in [0.15, 0.2) is 11.5 Å². The fraction of sp³-hybridized carbons (Fsp3) is 0.588. The Kier molecular flexibility index (Phi) is 5.85. The highest BCUT2D eigenvalue weighted by Crippen LogP contribution is 2.30. The minimum absolute atomic E-state index is 0.491. The van der Waals surface area contributed by atoms with Gasteiger partial charge in [0.05, 0.1) is 13.2 Å². The highest BCUT2D eigenvalue weighted by Gasteiger charge is 2.18. The van der Waals surface area contributed by atoms with Gasteiger partial charge < -0.3 is 14.4 Å². The van der Waals surface area contributed by atoms with Gasteiger partial charge in [-0.3, -0.25) is 0 Å². The van der Waals surface area contributed by atoms with Gasteiger partial charge in [0.1, 0.15) is 4.99 Å². The van der Waals surface area contributed by atoms with E-state index >= 15 is 0 Å². The van der Waals surface area contributed by atoms with Crippen molar-refractivity contribution in [1.82, 2.24) is 4.90 Å². The molecule has 1 aromatic carbocycles. The van der Waals surface area contributed by atoms with Gasteiger partial charge in [0, 0.05) is 18.7 Å². The predicted octanol–water partition coefficient (Wildman–Crippen LogP) is 3.89. The molecule has 0 saturated carbocycles. The van der Waals surface area contributed by atoms with Crippen LogP contribution in [0.4, 0.5) is 0 Å². The molecule has 0 bridgehead atoms. The molecule has 21 heavy (non-hydrogen) atoms. The Morgan fingerprint density at radius 2 is 1.90 bits per heavy atom. The topological polar surface area (TPSA) is 21.7 Å². The first-order valence-electron chi connectivity index (χ1n) is 7.80. The molecule has 0 unspecified atom stereocenters. The summed E-state index contributed by atoms with van der Waals surface area (Å²) in [7, 11) is 0. The van der Waals surface area contributed by atoms with Crippen LogP contribution in [0.3, 0.4) is 0 Å².